The summed E-state index contributed by atoms with van der Waals surface area (Å²) in [6.45, 7) is 5.62. The maximum absolute atomic E-state index is 12.4. The Labute approximate surface area is 210 Å². The highest BCUT2D eigenvalue weighted by molar-refractivity contribution is 7.13. The van der Waals surface area contributed by atoms with E-state index >= 15 is 0 Å². The van der Waals surface area contributed by atoms with Crippen LogP contribution in [-0.4, -0.2) is 36.0 Å². The largest absolute Gasteiger partial charge is 0.336 e. The van der Waals surface area contributed by atoms with Crippen molar-refractivity contribution in [3.05, 3.63) is 66.3 Å². The molecule has 0 fully saturated rings. The number of rotatable bonds is 4. The number of nitrogens with one attached hydrogen (secondary N) is 3. The molecule has 0 aliphatic rings. The zero-order valence-corrected chi connectivity index (χ0v) is 20.8. The van der Waals surface area contributed by atoms with Gasteiger partial charge >= 0.3 is 0 Å². The van der Waals surface area contributed by atoms with E-state index < -0.39 is 5.41 Å². The number of para-hydroxylation sites is 1. The molecule has 36 heavy (non-hydrogen) atoms. The zero-order chi connectivity index (χ0) is 24.9. The van der Waals surface area contributed by atoms with Crippen molar-refractivity contribution in [2.45, 2.75) is 20.8 Å². The lowest BCUT2D eigenvalue weighted by Gasteiger charge is -2.17. The molecule has 0 aliphatic heterocycles. The number of aromatic amines is 2. The van der Waals surface area contributed by atoms with Gasteiger partial charge in [0.05, 0.1) is 34.1 Å². The van der Waals surface area contributed by atoms with Crippen LogP contribution < -0.4 is 5.32 Å². The average molecular weight is 494 g/mol. The number of nitrogens with zero attached hydrogens (tertiary/aromatic N) is 4. The molecule has 3 N–H and O–H groups in total. The topological polar surface area (TPSA) is 112 Å². The van der Waals surface area contributed by atoms with Crippen LogP contribution in [0.15, 0.2) is 66.3 Å². The van der Waals surface area contributed by atoms with Gasteiger partial charge in [0, 0.05) is 27.6 Å². The van der Waals surface area contributed by atoms with Crippen LogP contribution in [0.2, 0.25) is 0 Å². The molecule has 0 unspecified atom stereocenters. The molecule has 0 saturated heterocycles. The van der Waals surface area contributed by atoms with E-state index in [2.05, 4.69) is 43.0 Å². The number of pyridine rings is 2. The Kier molecular flexibility index (Phi) is 5.15. The highest BCUT2D eigenvalue weighted by Crippen LogP contribution is 2.33. The van der Waals surface area contributed by atoms with Crippen LogP contribution in [0.1, 0.15) is 20.8 Å². The number of anilines is 1. The number of hydrogen-bond donors (Lipinski definition) is 3. The molecule has 5 heterocycles. The predicted molar refractivity (Wildman–Crippen MR) is 144 cm³/mol. The normalized spacial score (nSPS) is 11.9. The molecule has 0 bridgehead atoms. The molecule has 0 aliphatic carbocycles. The third kappa shape index (κ3) is 3.93. The van der Waals surface area contributed by atoms with E-state index in [0.29, 0.717) is 22.7 Å². The SMILES string of the molecule is CC(C)(C)C(=O)Nc1cncc(-c2ccc3[nH]nc(-c4nc5c(-c6cccs6)cccc5[nH]4)c3n2)c1. The molecule has 5 aromatic heterocycles. The van der Waals surface area contributed by atoms with Crippen LogP contribution in [0.3, 0.4) is 0 Å². The summed E-state index contributed by atoms with van der Waals surface area (Å²) in [5.74, 6) is 0.572. The Morgan fingerprint density at radius 1 is 0.972 bits per heavy atom. The highest BCUT2D eigenvalue weighted by Gasteiger charge is 2.22. The lowest BCUT2D eigenvalue weighted by molar-refractivity contribution is -0.123. The Morgan fingerprint density at radius 2 is 1.86 bits per heavy atom. The molecule has 1 aromatic carbocycles. The van der Waals surface area contributed by atoms with Crippen LogP contribution in [-0.2, 0) is 4.79 Å². The first kappa shape index (κ1) is 22.1. The van der Waals surface area contributed by atoms with Crippen molar-refractivity contribution in [2.24, 2.45) is 5.41 Å². The summed E-state index contributed by atoms with van der Waals surface area (Å²) in [4.78, 5) is 31.1. The van der Waals surface area contributed by atoms with Crippen molar-refractivity contribution in [3.63, 3.8) is 0 Å². The van der Waals surface area contributed by atoms with Gasteiger partial charge in [0.1, 0.15) is 5.52 Å². The minimum absolute atomic E-state index is 0.0752. The average Bonchev–Trinajstić information content (AvgIpc) is 3.62. The second-order valence-electron chi connectivity index (χ2n) is 9.60. The molecule has 0 atom stereocenters. The summed E-state index contributed by atoms with van der Waals surface area (Å²) < 4.78 is 0. The van der Waals surface area contributed by atoms with Crippen molar-refractivity contribution < 1.29 is 4.79 Å². The number of imidazole rings is 1. The van der Waals surface area contributed by atoms with Gasteiger partial charge in [-0.3, -0.25) is 14.9 Å². The lowest BCUT2D eigenvalue weighted by Crippen LogP contribution is -2.27. The van der Waals surface area contributed by atoms with Gasteiger partial charge in [-0.05, 0) is 35.7 Å². The Balaban J connectivity index is 1.40. The van der Waals surface area contributed by atoms with E-state index in [1.807, 2.05) is 57.2 Å². The van der Waals surface area contributed by atoms with Crippen molar-refractivity contribution >= 4 is 45.0 Å². The van der Waals surface area contributed by atoms with E-state index in [1.54, 1.807) is 23.7 Å². The molecule has 0 saturated carbocycles. The van der Waals surface area contributed by atoms with Crippen LogP contribution in [0, 0.1) is 5.41 Å². The van der Waals surface area contributed by atoms with Gasteiger partial charge in [-0.2, -0.15) is 5.10 Å². The number of carbonyl (C=O) groups is 1. The first-order chi connectivity index (χ1) is 17.4. The molecule has 0 spiro atoms. The van der Waals surface area contributed by atoms with Crippen molar-refractivity contribution in [3.8, 4) is 33.2 Å². The Morgan fingerprint density at radius 3 is 2.67 bits per heavy atom. The summed E-state index contributed by atoms with van der Waals surface area (Å²) >= 11 is 1.69. The van der Waals surface area contributed by atoms with Gasteiger partial charge in [-0.15, -0.1) is 11.3 Å². The van der Waals surface area contributed by atoms with Crippen LogP contribution in [0.25, 0.3) is 55.3 Å². The second-order valence-corrected chi connectivity index (χ2v) is 10.5. The molecule has 178 valence electrons. The number of amides is 1. The van der Waals surface area contributed by atoms with Crippen molar-refractivity contribution in [2.75, 3.05) is 5.32 Å². The van der Waals surface area contributed by atoms with Gasteiger partial charge in [0.15, 0.2) is 11.5 Å². The number of thiophene rings is 1. The molecule has 6 rings (SSSR count). The summed E-state index contributed by atoms with van der Waals surface area (Å²) in [6, 6.07) is 16.0. The fourth-order valence-corrected chi connectivity index (χ4v) is 4.72. The van der Waals surface area contributed by atoms with Gasteiger partial charge < -0.3 is 10.3 Å². The van der Waals surface area contributed by atoms with Crippen LogP contribution >= 0.6 is 11.3 Å². The second kappa shape index (κ2) is 8.39. The molecule has 0 radical (unpaired) electrons. The summed E-state index contributed by atoms with van der Waals surface area (Å²) in [7, 11) is 0. The summed E-state index contributed by atoms with van der Waals surface area (Å²) in [5, 5.41) is 12.6. The van der Waals surface area contributed by atoms with Crippen LogP contribution in [0.5, 0.6) is 0 Å². The van der Waals surface area contributed by atoms with Crippen LogP contribution in [0.4, 0.5) is 5.69 Å². The van der Waals surface area contributed by atoms with Crippen molar-refractivity contribution in [1.29, 1.82) is 0 Å². The minimum atomic E-state index is -0.505. The van der Waals surface area contributed by atoms with E-state index in [4.69, 9.17) is 9.97 Å². The number of aromatic nitrogens is 6. The van der Waals surface area contributed by atoms with E-state index in [0.717, 1.165) is 38.2 Å². The molecule has 1 amide bonds. The molecule has 9 heteroatoms. The van der Waals surface area contributed by atoms with E-state index in [9.17, 15) is 4.79 Å². The number of hydrogen-bond acceptors (Lipinski definition) is 6. The predicted octanol–water partition coefficient (Wildman–Crippen LogP) is 6.28. The third-order valence-corrected chi connectivity index (χ3v) is 6.81. The van der Waals surface area contributed by atoms with Gasteiger partial charge in [-0.1, -0.05) is 39.0 Å². The van der Waals surface area contributed by atoms with E-state index in [-0.39, 0.29) is 5.91 Å². The van der Waals surface area contributed by atoms with Gasteiger partial charge in [0.2, 0.25) is 5.91 Å². The third-order valence-electron chi connectivity index (χ3n) is 5.90. The van der Waals surface area contributed by atoms with E-state index in [1.165, 1.54) is 0 Å². The standard InChI is InChI=1S/C27H23N7OS/c1-27(2,3)26(35)29-16-12-15(13-28-14-16)18-9-10-20-23(30-18)24(34-33-20)25-31-19-7-4-6-17(22(19)32-25)21-8-5-11-36-21/h4-14H,1-3H3,(H,29,35)(H,31,32)(H,33,34). The molecular weight excluding hydrogens is 470 g/mol. The number of carbonyl (C=O) groups excluding carboxylic acids is 1. The fraction of sp³-hybridized carbons (Fsp3) is 0.148. The lowest BCUT2D eigenvalue weighted by atomic mass is 9.95. The molecule has 6 aromatic rings. The molecular formula is C27H23N7OS. The highest BCUT2D eigenvalue weighted by atomic mass is 32.1. The smallest absolute Gasteiger partial charge is 0.229 e. The van der Waals surface area contributed by atoms with Gasteiger partial charge in [0.25, 0.3) is 0 Å². The quantitative estimate of drug-likeness (QED) is 0.268. The Hall–Kier alpha value is -4.37. The molecule has 8 nitrogen and oxygen atoms in total. The number of H-pyrrole nitrogens is 2. The number of fused-ring (bicyclic) bond motifs is 2. The summed E-state index contributed by atoms with van der Waals surface area (Å²) in [6.07, 6.45) is 3.36. The van der Waals surface area contributed by atoms with Gasteiger partial charge in [-0.25, -0.2) is 9.97 Å². The maximum Gasteiger partial charge on any atom is 0.229 e. The number of benzene rings is 1. The maximum atomic E-state index is 12.4. The zero-order valence-electron chi connectivity index (χ0n) is 20.0. The first-order valence-corrected chi connectivity index (χ1v) is 12.4. The Bertz CT molecular complexity index is 1720. The fourth-order valence-electron chi connectivity index (χ4n) is 3.97. The minimum Gasteiger partial charge on any atom is -0.336 e. The monoisotopic (exact) mass is 493 g/mol. The summed E-state index contributed by atoms with van der Waals surface area (Å²) in [5.41, 5.74) is 6.70. The van der Waals surface area contributed by atoms with Crippen molar-refractivity contribution in [1.82, 2.24) is 30.1 Å². The first-order valence-electron chi connectivity index (χ1n) is 11.5.